The standard InChI is InChI=1S/C41H36N6/c1-3-16-28(17-4-2)36-42-37(29-18-8-5-9-19-29)45-40(44-36)34-26-14-25-33-32(34)24-15-27-35(33)41-46-38(30-20-10-6-11-21-30)43-39(47-41)31-22-12-7-13-23-31/h3,5-14,16-23,25-27,38H,4,15,24H2,1-2H3,(H,43,46,47)/b16-3-,28-17+. The molecule has 1 aliphatic carbocycles. The lowest BCUT2D eigenvalue weighted by Crippen LogP contribution is -2.36. The minimum Gasteiger partial charge on any atom is -0.324 e. The number of aromatic nitrogens is 3. The van der Waals surface area contributed by atoms with Crippen LogP contribution in [0.15, 0.2) is 143 Å². The Morgan fingerprint density at radius 1 is 0.723 bits per heavy atom. The SMILES string of the molecule is C/C=C\C(=C/CC)c1nc(-c2ccccc2)nc(-c2cccc3c2CCC=C3C2=NC(c3ccccc3)N=C(c3ccccc3)N2)n1. The number of aliphatic imine (C=N–C) groups is 2. The molecule has 1 atom stereocenters. The van der Waals surface area contributed by atoms with Gasteiger partial charge in [-0.25, -0.2) is 24.9 Å². The summed E-state index contributed by atoms with van der Waals surface area (Å²) in [6, 6.07) is 37.1. The molecule has 1 aliphatic heterocycles. The predicted octanol–water partition coefficient (Wildman–Crippen LogP) is 9.05. The summed E-state index contributed by atoms with van der Waals surface area (Å²) in [6.07, 6.45) is 10.8. The summed E-state index contributed by atoms with van der Waals surface area (Å²) in [4.78, 5) is 25.3. The second-order valence-electron chi connectivity index (χ2n) is 11.5. The van der Waals surface area contributed by atoms with Gasteiger partial charge in [-0.15, -0.1) is 0 Å². The first-order valence-electron chi connectivity index (χ1n) is 16.2. The molecule has 4 aromatic carbocycles. The van der Waals surface area contributed by atoms with E-state index in [-0.39, 0.29) is 6.17 Å². The smallest absolute Gasteiger partial charge is 0.169 e. The van der Waals surface area contributed by atoms with Gasteiger partial charge < -0.3 is 5.32 Å². The highest BCUT2D eigenvalue weighted by Gasteiger charge is 2.27. The van der Waals surface area contributed by atoms with Crippen LogP contribution in [0.4, 0.5) is 0 Å². The maximum atomic E-state index is 5.18. The highest BCUT2D eigenvalue weighted by atomic mass is 15.2. The van der Waals surface area contributed by atoms with E-state index in [4.69, 9.17) is 24.9 Å². The summed E-state index contributed by atoms with van der Waals surface area (Å²) < 4.78 is 0. The van der Waals surface area contributed by atoms with Crippen molar-refractivity contribution in [2.75, 3.05) is 0 Å². The molecule has 7 rings (SSSR count). The van der Waals surface area contributed by atoms with E-state index in [9.17, 15) is 0 Å². The van der Waals surface area contributed by atoms with E-state index >= 15 is 0 Å². The zero-order valence-corrected chi connectivity index (χ0v) is 26.6. The first-order chi connectivity index (χ1) is 23.2. The molecule has 0 saturated carbocycles. The van der Waals surface area contributed by atoms with Crippen molar-refractivity contribution in [3.8, 4) is 22.8 Å². The predicted molar refractivity (Wildman–Crippen MR) is 193 cm³/mol. The lowest BCUT2D eigenvalue weighted by molar-refractivity contribution is 0.757. The first-order valence-corrected chi connectivity index (χ1v) is 16.2. The lowest BCUT2D eigenvalue weighted by Gasteiger charge is -2.27. The Kier molecular flexibility index (Phi) is 8.73. The number of fused-ring (bicyclic) bond motifs is 1. The molecule has 0 saturated heterocycles. The van der Waals surface area contributed by atoms with Crippen molar-refractivity contribution in [3.63, 3.8) is 0 Å². The van der Waals surface area contributed by atoms with Gasteiger partial charge in [0.15, 0.2) is 23.6 Å². The molecule has 6 nitrogen and oxygen atoms in total. The molecular formula is C41H36N6. The number of hydrogen-bond acceptors (Lipinski definition) is 6. The van der Waals surface area contributed by atoms with E-state index in [1.807, 2.05) is 79.7 Å². The number of allylic oxidation sites excluding steroid dienone is 5. The molecule has 0 amide bonds. The van der Waals surface area contributed by atoms with Gasteiger partial charge in [0.25, 0.3) is 0 Å². The van der Waals surface area contributed by atoms with E-state index in [0.29, 0.717) is 17.5 Å². The Morgan fingerprint density at radius 2 is 1.38 bits per heavy atom. The summed E-state index contributed by atoms with van der Waals surface area (Å²) in [6.45, 7) is 4.15. The van der Waals surface area contributed by atoms with Gasteiger partial charge in [-0.3, -0.25) is 0 Å². The normalized spacial score (nSPS) is 16.2. The van der Waals surface area contributed by atoms with Crippen LogP contribution in [0.1, 0.15) is 60.9 Å². The number of nitrogens with zero attached hydrogens (tertiary/aromatic N) is 5. The van der Waals surface area contributed by atoms with Crippen LogP contribution >= 0.6 is 0 Å². The summed E-state index contributed by atoms with van der Waals surface area (Å²) in [5.74, 6) is 3.63. The largest absolute Gasteiger partial charge is 0.324 e. The van der Waals surface area contributed by atoms with Crippen LogP contribution in [0.2, 0.25) is 0 Å². The average molecular weight is 613 g/mol. The van der Waals surface area contributed by atoms with Gasteiger partial charge in [0.1, 0.15) is 11.7 Å². The monoisotopic (exact) mass is 612 g/mol. The van der Waals surface area contributed by atoms with Crippen LogP contribution in [0.3, 0.4) is 0 Å². The van der Waals surface area contributed by atoms with Crippen LogP contribution in [0, 0.1) is 0 Å². The first kappa shape index (κ1) is 29.9. The molecule has 6 heteroatoms. The Balaban J connectivity index is 1.34. The van der Waals surface area contributed by atoms with Crippen LogP contribution < -0.4 is 5.32 Å². The summed E-state index contributed by atoms with van der Waals surface area (Å²) in [5, 5.41) is 3.60. The number of nitrogens with one attached hydrogen (secondary N) is 1. The van der Waals surface area contributed by atoms with Gasteiger partial charge in [-0.1, -0.05) is 140 Å². The van der Waals surface area contributed by atoms with Gasteiger partial charge >= 0.3 is 0 Å². The van der Waals surface area contributed by atoms with E-state index in [0.717, 1.165) is 69.9 Å². The molecule has 1 N–H and O–H groups in total. The fourth-order valence-corrected chi connectivity index (χ4v) is 6.09. The van der Waals surface area contributed by atoms with Crippen molar-refractivity contribution >= 4 is 22.8 Å². The highest BCUT2D eigenvalue weighted by molar-refractivity contribution is 6.30. The third kappa shape index (κ3) is 6.36. The van der Waals surface area contributed by atoms with E-state index in [2.05, 4.69) is 72.9 Å². The summed E-state index contributed by atoms with van der Waals surface area (Å²) in [5.41, 5.74) is 8.43. The van der Waals surface area contributed by atoms with Crippen molar-refractivity contribution < 1.29 is 0 Å². The second kappa shape index (κ2) is 13.7. The third-order valence-electron chi connectivity index (χ3n) is 8.29. The summed E-state index contributed by atoms with van der Waals surface area (Å²) in [7, 11) is 0. The fraction of sp³-hybridized carbons (Fsp3) is 0.146. The van der Waals surface area contributed by atoms with Crippen molar-refractivity contribution in [2.24, 2.45) is 9.98 Å². The topological polar surface area (TPSA) is 75.4 Å². The van der Waals surface area contributed by atoms with Crippen molar-refractivity contribution in [1.82, 2.24) is 20.3 Å². The average Bonchev–Trinajstić information content (AvgIpc) is 3.15. The van der Waals surface area contributed by atoms with E-state index in [1.165, 1.54) is 5.56 Å². The molecule has 1 aromatic heterocycles. The second-order valence-corrected chi connectivity index (χ2v) is 11.5. The van der Waals surface area contributed by atoms with Crippen LogP contribution in [0.5, 0.6) is 0 Å². The van der Waals surface area contributed by atoms with Crippen molar-refractivity contribution in [2.45, 2.75) is 39.3 Å². The number of benzene rings is 4. The molecule has 0 fully saturated rings. The van der Waals surface area contributed by atoms with Crippen LogP contribution in [-0.2, 0) is 6.42 Å². The van der Waals surface area contributed by atoms with Gasteiger partial charge in [-0.05, 0) is 42.9 Å². The molecule has 47 heavy (non-hydrogen) atoms. The number of hydrogen-bond donors (Lipinski definition) is 1. The van der Waals surface area contributed by atoms with Gasteiger partial charge in [0.05, 0.1) is 0 Å². The lowest BCUT2D eigenvalue weighted by atomic mass is 9.86. The summed E-state index contributed by atoms with van der Waals surface area (Å²) >= 11 is 0. The highest BCUT2D eigenvalue weighted by Crippen LogP contribution is 2.36. The van der Waals surface area contributed by atoms with Crippen LogP contribution in [-0.4, -0.2) is 26.6 Å². The Bertz CT molecular complexity index is 2040. The zero-order valence-electron chi connectivity index (χ0n) is 26.6. The van der Waals surface area contributed by atoms with Crippen LogP contribution in [0.25, 0.3) is 33.9 Å². The van der Waals surface area contributed by atoms with Gasteiger partial charge in [-0.2, -0.15) is 0 Å². The minimum atomic E-state index is -0.355. The molecule has 230 valence electrons. The maximum absolute atomic E-state index is 5.18. The quantitative estimate of drug-likeness (QED) is 0.177. The zero-order chi connectivity index (χ0) is 32.0. The number of rotatable bonds is 8. The van der Waals surface area contributed by atoms with Gasteiger partial charge in [0.2, 0.25) is 0 Å². The third-order valence-corrected chi connectivity index (χ3v) is 8.29. The Morgan fingerprint density at radius 3 is 2.11 bits per heavy atom. The molecule has 2 heterocycles. The van der Waals surface area contributed by atoms with Crippen molar-refractivity contribution in [3.05, 3.63) is 162 Å². The number of amidine groups is 2. The van der Waals surface area contributed by atoms with E-state index in [1.54, 1.807) is 0 Å². The van der Waals surface area contributed by atoms with Gasteiger partial charge in [0, 0.05) is 27.8 Å². The van der Waals surface area contributed by atoms with E-state index < -0.39 is 0 Å². The molecule has 5 aromatic rings. The fourth-order valence-electron chi connectivity index (χ4n) is 6.09. The molecule has 2 aliphatic rings. The maximum Gasteiger partial charge on any atom is 0.169 e. The molecule has 0 bridgehead atoms. The van der Waals surface area contributed by atoms with Crippen molar-refractivity contribution in [1.29, 1.82) is 0 Å². The molecular weight excluding hydrogens is 576 g/mol. The Labute approximate surface area is 276 Å². The molecule has 0 spiro atoms. The Hall–Kier alpha value is -5.75. The molecule has 0 radical (unpaired) electrons. The minimum absolute atomic E-state index is 0.355. The molecule has 1 unspecified atom stereocenters.